The molecule has 0 aliphatic carbocycles. The highest BCUT2D eigenvalue weighted by atomic mass is 16.2. The van der Waals surface area contributed by atoms with Crippen LogP contribution in [0.4, 0.5) is 5.82 Å². The first-order chi connectivity index (χ1) is 13.5. The number of amides is 1. The Balaban J connectivity index is 1.42. The molecule has 2 aromatic heterocycles. The Kier molecular flexibility index (Phi) is 4.90. The van der Waals surface area contributed by atoms with Gasteiger partial charge in [0.2, 0.25) is 0 Å². The van der Waals surface area contributed by atoms with Crippen molar-refractivity contribution >= 4 is 11.7 Å². The highest BCUT2D eigenvalue weighted by Gasteiger charge is 2.24. The van der Waals surface area contributed by atoms with Gasteiger partial charge in [0.25, 0.3) is 5.91 Å². The van der Waals surface area contributed by atoms with Crippen molar-refractivity contribution in [2.75, 3.05) is 31.1 Å². The van der Waals surface area contributed by atoms with Crippen LogP contribution in [0, 0.1) is 20.8 Å². The Morgan fingerprint density at radius 2 is 1.54 bits per heavy atom. The summed E-state index contributed by atoms with van der Waals surface area (Å²) >= 11 is 0. The number of carbonyl (C=O) groups is 1. The van der Waals surface area contributed by atoms with Gasteiger partial charge in [0.15, 0.2) is 0 Å². The van der Waals surface area contributed by atoms with Crippen LogP contribution >= 0.6 is 0 Å². The second-order valence-corrected chi connectivity index (χ2v) is 7.45. The molecule has 3 heterocycles. The van der Waals surface area contributed by atoms with E-state index in [2.05, 4.69) is 31.7 Å². The number of piperazine rings is 1. The number of aryl methyl sites for hydroxylation is 3. The van der Waals surface area contributed by atoms with Gasteiger partial charge in [-0.05, 0) is 68.3 Å². The van der Waals surface area contributed by atoms with Crippen LogP contribution in [-0.2, 0) is 0 Å². The number of benzene rings is 1. The molecule has 0 saturated carbocycles. The third-order valence-corrected chi connectivity index (χ3v) is 5.51. The van der Waals surface area contributed by atoms with Gasteiger partial charge in [-0.25, -0.2) is 4.98 Å². The van der Waals surface area contributed by atoms with Crippen molar-refractivity contribution in [1.29, 1.82) is 0 Å². The van der Waals surface area contributed by atoms with E-state index in [-0.39, 0.29) is 5.91 Å². The Morgan fingerprint density at radius 3 is 2.18 bits per heavy atom. The Morgan fingerprint density at radius 1 is 0.893 bits per heavy atom. The minimum Gasteiger partial charge on any atom is -0.353 e. The van der Waals surface area contributed by atoms with E-state index >= 15 is 0 Å². The zero-order valence-electron chi connectivity index (χ0n) is 16.7. The van der Waals surface area contributed by atoms with E-state index in [0.717, 1.165) is 35.9 Å². The largest absolute Gasteiger partial charge is 0.353 e. The predicted octanol–water partition coefficient (Wildman–Crippen LogP) is 3.76. The lowest BCUT2D eigenvalue weighted by molar-refractivity contribution is 0.0746. The first-order valence-electron chi connectivity index (χ1n) is 9.75. The van der Waals surface area contributed by atoms with Gasteiger partial charge < -0.3 is 14.4 Å². The van der Waals surface area contributed by atoms with Gasteiger partial charge in [0, 0.05) is 55.5 Å². The Bertz CT molecular complexity index is 969. The summed E-state index contributed by atoms with van der Waals surface area (Å²) in [5, 5.41) is 0. The maximum absolute atomic E-state index is 12.9. The molecule has 1 saturated heterocycles. The number of nitrogens with zero attached hydrogens (tertiary/aromatic N) is 4. The summed E-state index contributed by atoms with van der Waals surface area (Å²) in [6.07, 6.45) is 4.00. The molecule has 0 bridgehead atoms. The zero-order chi connectivity index (χ0) is 19.7. The van der Waals surface area contributed by atoms with Crippen molar-refractivity contribution in [3.63, 3.8) is 0 Å². The first-order valence-corrected chi connectivity index (χ1v) is 9.75. The molecule has 0 N–H and O–H groups in total. The molecule has 1 aromatic carbocycles. The fourth-order valence-corrected chi connectivity index (χ4v) is 3.74. The van der Waals surface area contributed by atoms with E-state index in [0.29, 0.717) is 13.1 Å². The lowest BCUT2D eigenvalue weighted by Gasteiger charge is -2.36. The first kappa shape index (κ1) is 18.3. The molecule has 1 amide bonds. The normalized spacial score (nSPS) is 14.4. The average Bonchev–Trinajstić information content (AvgIpc) is 3.25. The van der Waals surface area contributed by atoms with Crippen LogP contribution in [0.3, 0.4) is 0 Å². The van der Waals surface area contributed by atoms with Crippen molar-refractivity contribution in [1.82, 2.24) is 14.5 Å². The van der Waals surface area contributed by atoms with Crippen LogP contribution < -0.4 is 4.90 Å². The van der Waals surface area contributed by atoms with E-state index in [1.165, 1.54) is 11.1 Å². The zero-order valence-corrected chi connectivity index (χ0v) is 16.7. The van der Waals surface area contributed by atoms with Gasteiger partial charge >= 0.3 is 0 Å². The number of hydrogen-bond donors (Lipinski definition) is 0. The third-order valence-electron chi connectivity index (χ3n) is 5.51. The molecular formula is C23H26N4O. The minimum absolute atomic E-state index is 0.100. The molecule has 5 nitrogen and oxygen atoms in total. The molecule has 3 aromatic rings. The van der Waals surface area contributed by atoms with Crippen LogP contribution in [0.1, 0.15) is 27.2 Å². The summed E-state index contributed by atoms with van der Waals surface area (Å²) in [6.45, 7) is 9.30. The maximum Gasteiger partial charge on any atom is 0.253 e. The average molecular weight is 374 g/mol. The molecule has 0 unspecified atom stereocenters. The van der Waals surface area contributed by atoms with Gasteiger partial charge in [0.1, 0.15) is 5.82 Å². The van der Waals surface area contributed by atoms with E-state index in [1.807, 2.05) is 58.3 Å². The molecule has 4 rings (SSSR count). The smallest absolute Gasteiger partial charge is 0.253 e. The van der Waals surface area contributed by atoms with Crippen LogP contribution in [0.25, 0.3) is 5.69 Å². The monoisotopic (exact) mass is 374 g/mol. The van der Waals surface area contributed by atoms with Crippen LogP contribution in [0.2, 0.25) is 0 Å². The van der Waals surface area contributed by atoms with E-state index < -0.39 is 0 Å². The lowest BCUT2D eigenvalue weighted by Crippen LogP contribution is -2.49. The number of anilines is 1. The SMILES string of the molecule is Cc1cc(C)c(N2CCN(C(=O)c3ccc(-n4cccc4)cc3)CC2)nc1C. The summed E-state index contributed by atoms with van der Waals surface area (Å²) in [5.41, 5.74) is 5.29. The van der Waals surface area contributed by atoms with Gasteiger partial charge in [0.05, 0.1) is 0 Å². The van der Waals surface area contributed by atoms with E-state index in [1.54, 1.807) is 0 Å². The lowest BCUT2D eigenvalue weighted by atomic mass is 10.1. The van der Waals surface area contributed by atoms with Gasteiger partial charge in [-0.2, -0.15) is 0 Å². The van der Waals surface area contributed by atoms with Gasteiger partial charge in [-0.3, -0.25) is 4.79 Å². The van der Waals surface area contributed by atoms with E-state index in [9.17, 15) is 4.79 Å². The van der Waals surface area contributed by atoms with E-state index in [4.69, 9.17) is 4.98 Å². The van der Waals surface area contributed by atoms with Crippen LogP contribution in [0.15, 0.2) is 54.9 Å². The van der Waals surface area contributed by atoms with Gasteiger partial charge in [-0.1, -0.05) is 6.07 Å². The number of rotatable bonds is 3. The molecule has 0 atom stereocenters. The standard InChI is InChI=1S/C23H26N4O/c1-17-16-18(2)22(24-19(17)3)26-12-14-27(15-13-26)23(28)20-6-8-21(9-7-20)25-10-4-5-11-25/h4-11,16H,12-15H2,1-3H3. The molecule has 1 aliphatic rings. The van der Waals surface area contributed by atoms with Crippen molar-refractivity contribution in [3.05, 3.63) is 77.2 Å². The molecule has 0 radical (unpaired) electrons. The summed E-state index contributed by atoms with van der Waals surface area (Å²) < 4.78 is 2.03. The molecule has 0 spiro atoms. The van der Waals surface area contributed by atoms with Crippen molar-refractivity contribution in [2.45, 2.75) is 20.8 Å². The second kappa shape index (κ2) is 7.50. The highest BCUT2D eigenvalue weighted by molar-refractivity contribution is 5.94. The fourth-order valence-electron chi connectivity index (χ4n) is 3.74. The van der Waals surface area contributed by atoms with Crippen LogP contribution in [-0.4, -0.2) is 46.5 Å². The summed E-state index contributed by atoms with van der Waals surface area (Å²) in [5.74, 6) is 1.15. The fraction of sp³-hybridized carbons (Fsp3) is 0.304. The maximum atomic E-state index is 12.9. The molecular weight excluding hydrogens is 348 g/mol. The molecule has 28 heavy (non-hydrogen) atoms. The second-order valence-electron chi connectivity index (χ2n) is 7.45. The predicted molar refractivity (Wildman–Crippen MR) is 112 cm³/mol. The minimum atomic E-state index is 0.100. The quantitative estimate of drug-likeness (QED) is 0.701. The van der Waals surface area contributed by atoms with Crippen molar-refractivity contribution in [3.8, 4) is 5.69 Å². The van der Waals surface area contributed by atoms with Crippen molar-refractivity contribution < 1.29 is 4.79 Å². The number of carbonyl (C=O) groups excluding carboxylic acids is 1. The molecule has 1 aliphatic heterocycles. The van der Waals surface area contributed by atoms with Gasteiger partial charge in [-0.15, -0.1) is 0 Å². The Hall–Kier alpha value is -3.08. The molecule has 1 fully saturated rings. The number of pyridine rings is 1. The summed E-state index contributed by atoms with van der Waals surface area (Å²) in [7, 11) is 0. The summed E-state index contributed by atoms with van der Waals surface area (Å²) in [6, 6.07) is 14.0. The highest BCUT2D eigenvalue weighted by Crippen LogP contribution is 2.22. The van der Waals surface area contributed by atoms with Crippen LogP contribution in [0.5, 0.6) is 0 Å². The number of hydrogen-bond acceptors (Lipinski definition) is 3. The topological polar surface area (TPSA) is 41.4 Å². The molecule has 5 heteroatoms. The molecule has 144 valence electrons. The third kappa shape index (κ3) is 3.52. The summed E-state index contributed by atoms with van der Waals surface area (Å²) in [4.78, 5) is 21.9. The Labute approximate surface area is 166 Å². The number of aromatic nitrogens is 2. The van der Waals surface area contributed by atoms with Crippen molar-refractivity contribution in [2.24, 2.45) is 0 Å².